The predicted molar refractivity (Wildman–Crippen MR) is 85.8 cm³/mol. The molecule has 0 amide bonds. The molecule has 0 aliphatic heterocycles. The fourth-order valence-corrected chi connectivity index (χ4v) is 5.20. The van der Waals surface area contributed by atoms with Gasteiger partial charge in [-0.25, -0.2) is 12.8 Å². The van der Waals surface area contributed by atoms with Crippen molar-refractivity contribution in [2.75, 3.05) is 11.9 Å². The van der Waals surface area contributed by atoms with Gasteiger partial charge in [0.05, 0.1) is 4.90 Å². The zero-order chi connectivity index (χ0) is 15.6. The molecule has 1 aliphatic rings. The van der Waals surface area contributed by atoms with Crippen LogP contribution in [0.25, 0.3) is 0 Å². The Kier molecular flexibility index (Phi) is 5.43. The Morgan fingerprint density at radius 3 is 2.29 bits per heavy atom. The monoisotopic (exact) mass is 377 g/mol. The minimum Gasteiger partial charge on any atom is -0.207 e. The highest BCUT2D eigenvalue weighted by Crippen LogP contribution is 2.32. The number of nitrogens with zero attached hydrogens (tertiary/aromatic N) is 1. The Bertz CT molecular complexity index is 591. The highest BCUT2D eigenvalue weighted by Gasteiger charge is 2.36. The Morgan fingerprint density at radius 1 is 1.29 bits per heavy atom. The predicted octanol–water partition coefficient (Wildman–Crippen LogP) is 3.77. The average molecular weight is 378 g/mol. The van der Waals surface area contributed by atoms with Gasteiger partial charge in [0.25, 0.3) is 0 Å². The van der Waals surface area contributed by atoms with Gasteiger partial charge in [-0.1, -0.05) is 22.4 Å². The van der Waals surface area contributed by atoms with Gasteiger partial charge in [-0.2, -0.15) is 4.31 Å². The molecule has 1 aromatic rings. The van der Waals surface area contributed by atoms with Crippen molar-refractivity contribution >= 4 is 26.0 Å². The number of hydrogen-bond acceptors (Lipinski definition) is 2. The third-order valence-corrected chi connectivity index (χ3v) is 6.80. The topological polar surface area (TPSA) is 37.4 Å². The van der Waals surface area contributed by atoms with E-state index in [1.165, 1.54) is 12.1 Å². The van der Waals surface area contributed by atoms with Gasteiger partial charge in [0.2, 0.25) is 10.0 Å². The van der Waals surface area contributed by atoms with E-state index in [1.54, 1.807) is 18.2 Å². The standard InChI is InChI=1S/C15H21BrFNO2S/c1-11-9-13(17)10-12(2)15(11)21(19,20)18(8-4-7-16)14-5-3-6-14/h9-10,14H,3-8H2,1-2H3. The molecule has 6 heteroatoms. The van der Waals surface area contributed by atoms with E-state index in [2.05, 4.69) is 15.9 Å². The first-order valence-corrected chi connectivity index (χ1v) is 9.78. The number of aryl methyl sites for hydroxylation is 2. The molecule has 0 N–H and O–H groups in total. The van der Waals surface area contributed by atoms with Crippen LogP contribution in [0, 0.1) is 19.7 Å². The number of benzene rings is 1. The minimum atomic E-state index is -3.57. The number of rotatable bonds is 6. The lowest BCUT2D eigenvalue weighted by molar-refractivity contribution is 0.220. The van der Waals surface area contributed by atoms with Crippen LogP contribution in [0.1, 0.15) is 36.8 Å². The van der Waals surface area contributed by atoms with Crippen molar-refractivity contribution in [3.05, 3.63) is 29.1 Å². The van der Waals surface area contributed by atoms with Gasteiger partial charge in [0.1, 0.15) is 5.82 Å². The summed E-state index contributed by atoms with van der Waals surface area (Å²) in [4.78, 5) is 0.269. The Morgan fingerprint density at radius 2 is 1.86 bits per heavy atom. The van der Waals surface area contributed by atoms with Crippen LogP contribution in [-0.2, 0) is 10.0 Å². The smallest absolute Gasteiger partial charge is 0.207 e. The molecule has 0 spiro atoms. The van der Waals surface area contributed by atoms with Gasteiger partial charge in [0, 0.05) is 17.9 Å². The summed E-state index contributed by atoms with van der Waals surface area (Å²) in [5, 5.41) is 0.771. The molecule has 0 aromatic heterocycles. The van der Waals surface area contributed by atoms with Crippen LogP contribution < -0.4 is 0 Å². The molecule has 1 aliphatic carbocycles. The van der Waals surface area contributed by atoms with E-state index in [9.17, 15) is 12.8 Å². The lowest BCUT2D eigenvalue weighted by atomic mass is 9.93. The summed E-state index contributed by atoms with van der Waals surface area (Å²) in [5.74, 6) is -0.389. The summed E-state index contributed by atoms with van der Waals surface area (Å²) in [6.07, 6.45) is 3.68. The zero-order valence-electron chi connectivity index (χ0n) is 12.4. The van der Waals surface area contributed by atoms with E-state index in [0.29, 0.717) is 17.7 Å². The Hall–Kier alpha value is -0.460. The second-order valence-electron chi connectivity index (χ2n) is 5.61. The molecule has 1 fully saturated rings. The molecule has 0 unspecified atom stereocenters. The molecule has 1 saturated carbocycles. The summed E-state index contributed by atoms with van der Waals surface area (Å²) >= 11 is 3.36. The van der Waals surface area contributed by atoms with Gasteiger partial charge in [-0.15, -0.1) is 0 Å². The van der Waals surface area contributed by atoms with E-state index in [0.717, 1.165) is 31.0 Å². The van der Waals surface area contributed by atoms with Gasteiger partial charge in [-0.3, -0.25) is 0 Å². The lowest BCUT2D eigenvalue weighted by Gasteiger charge is -2.37. The van der Waals surface area contributed by atoms with Crippen molar-refractivity contribution in [2.45, 2.75) is 50.5 Å². The highest BCUT2D eigenvalue weighted by atomic mass is 79.9. The number of sulfonamides is 1. The van der Waals surface area contributed by atoms with E-state index < -0.39 is 10.0 Å². The summed E-state index contributed by atoms with van der Waals surface area (Å²) in [6.45, 7) is 3.83. The van der Waals surface area contributed by atoms with E-state index >= 15 is 0 Å². The van der Waals surface area contributed by atoms with E-state index in [1.807, 2.05) is 0 Å². The van der Waals surface area contributed by atoms with Crippen molar-refractivity contribution < 1.29 is 12.8 Å². The maximum atomic E-state index is 13.4. The first kappa shape index (κ1) is 16.9. The minimum absolute atomic E-state index is 0.0953. The molecule has 0 bridgehead atoms. The fraction of sp³-hybridized carbons (Fsp3) is 0.600. The molecule has 21 heavy (non-hydrogen) atoms. The van der Waals surface area contributed by atoms with Gasteiger partial charge in [0.15, 0.2) is 0 Å². The van der Waals surface area contributed by atoms with Crippen LogP contribution >= 0.6 is 15.9 Å². The van der Waals surface area contributed by atoms with Crippen molar-refractivity contribution in [1.82, 2.24) is 4.31 Å². The van der Waals surface area contributed by atoms with Crippen LogP contribution in [-0.4, -0.2) is 30.6 Å². The number of hydrogen-bond donors (Lipinski definition) is 0. The molecule has 0 radical (unpaired) electrons. The maximum Gasteiger partial charge on any atom is 0.243 e. The van der Waals surface area contributed by atoms with Crippen molar-refractivity contribution in [1.29, 1.82) is 0 Å². The molecule has 2 rings (SSSR count). The maximum absolute atomic E-state index is 13.4. The first-order chi connectivity index (χ1) is 9.87. The van der Waals surface area contributed by atoms with Crippen LogP contribution in [0.15, 0.2) is 17.0 Å². The summed E-state index contributed by atoms with van der Waals surface area (Å²) in [6, 6.07) is 2.69. The molecule has 118 valence electrons. The van der Waals surface area contributed by atoms with Crippen LogP contribution in [0.3, 0.4) is 0 Å². The van der Waals surface area contributed by atoms with Gasteiger partial charge < -0.3 is 0 Å². The average Bonchev–Trinajstić information content (AvgIpc) is 2.29. The van der Waals surface area contributed by atoms with Crippen molar-refractivity contribution in [2.24, 2.45) is 0 Å². The second kappa shape index (κ2) is 6.75. The Balaban J connectivity index is 2.42. The molecular weight excluding hydrogens is 357 g/mol. The highest BCUT2D eigenvalue weighted by molar-refractivity contribution is 9.09. The van der Waals surface area contributed by atoms with E-state index in [4.69, 9.17) is 0 Å². The normalized spacial score (nSPS) is 16.2. The second-order valence-corrected chi connectivity index (χ2v) is 8.23. The van der Waals surface area contributed by atoms with Gasteiger partial charge >= 0.3 is 0 Å². The molecule has 0 heterocycles. The largest absolute Gasteiger partial charge is 0.243 e. The quantitative estimate of drug-likeness (QED) is 0.707. The summed E-state index contributed by atoms with van der Waals surface area (Å²) < 4.78 is 41.1. The van der Waals surface area contributed by atoms with Crippen LogP contribution in [0.5, 0.6) is 0 Å². The van der Waals surface area contributed by atoms with Gasteiger partial charge in [-0.05, 0) is 56.4 Å². The SMILES string of the molecule is Cc1cc(F)cc(C)c1S(=O)(=O)N(CCCBr)C1CCC1. The zero-order valence-corrected chi connectivity index (χ0v) is 14.8. The number of halogens is 2. The summed E-state index contributed by atoms with van der Waals surface area (Å²) in [5.41, 5.74) is 0.964. The fourth-order valence-electron chi connectivity index (χ4n) is 2.81. The first-order valence-electron chi connectivity index (χ1n) is 7.22. The third kappa shape index (κ3) is 3.48. The number of alkyl halides is 1. The molecule has 1 aromatic carbocycles. The molecule has 3 nitrogen and oxygen atoms in total. The molecule has 0 saturated heterocycles. The van der Waals surface area contributed by atoms with E-state index in [-0.39, 0.29) is 16.8 Å². The van der Waals surface area contributed by atoms with Crippen molar-refractivity contribution in [3.8, 4) is 0 Å². The lowest BCUT2D eigenvalue weighted by Crippen LogP contribution is -2.45. The third-order valence-electron chi connectivity index (χ3n) is 3.99. The molecule has 0 atom stereocenters. The van der Waals surface area contributed by atoms with Crippen LogP contribution in [0.4, 0.5) is 4.39 Å². The Labute approximate surface area is 134 Å². The van der Waals surface area contributed by atoms with Crippen molar-refractivity contribution in [3.63, 3.8) is 0 Å². The van der Waals surface area contributed by atoms with Crippen LogP contribution in [0.2, 0.25) is 0 Å². The summed E-state index contributed by atoms with van der Waals surface area (Å²) in [7, 11) is -3.57. The molecular formula is C15H21BrFNO2S.